The third kappa shape index (κ3) is 4.60. The van der Waals surface area contributed by atoms with Gasteiger partial charge in [0.2, 0.25) is 0 Å². The number of methoxy groups -OCH3 is 1. The Bertz CT molecular complexity index is 470. The van der Waals surface area contributed by atoms with E-state index < -0.39 is 9.84 Å². The number of rotatable bonds is 6. The first-order valence-corrected chi connectivity index (χ1v) is 7.36. The van der Waals surface area contributed by atoms with E-state index in [-0.39, 0.29) is 5.75 Å². The summed E-state index contributed by atoms with van der Waals surface area (Å²) in [6.07, 6.45) is 1.59. The molecule has 1 rings (SSSR count). The summed E-state index contributed by atoms with van der Waals surface area (Å²) in [6, 6.07) is 3.47. The van der Waals surface area contributed by atoms with E-state index in [0.29, 0.717) is 30.4 Å². The van der Waals surface area contributed by atoms with Crippen molar-refractivity contribution >= 4 is 9.84 Å². The van der Waals surface area contributed by atoms with Crippen LogP contribution in [0.5, 0.6) is 11.6 Å². The molecule has 0 fully saturated rings. The highest BCUT2D eigenvalue weighted by Crippen LogP contribution is 2.24. The topological polar surface area (TPSA) is 65.5 Å². The molecule has 5 nitrogen and oxygen atoms in total. The second kappa shape index (κ2) is 5.86. The Balaban J connectivity index is 2.84. The smallest absolute Gasteiger partial charge is 0.257 e. The third-order valence-electron chi connectivity index (χ3n) is 2.11. The molecule has 0 spiro atoms. The van der Waals surface area contributed by atoms with E-state index in [2.05, 4.69) is 4.98 Å². The molecule has 1 heterocycles. The Labute approximate surface area is 102 Å². The summed E-state index contributed by atoms with van der Waals surface area (Å²) in [5.41, 5.74) is 0.680. The van der Waals surface area contributed by atoms with Crippen molar-refractivity contribution in [1.82, 2.24) is 4.98 Å². The minimum atomic E-state index is -2.98. The van der Waals surface area contributed by atoms with Crippen LogP contribution in [0.25, 0.3) is 0 Å². The lowest BCUT2D eigenvalue weighted by molar-refractivity contribution is 0.297. The average Bonchev–Trinajstić information content (AvgIpc) is 2.26. The minimum absolute atomic E-state index is 0.0812. The SMILES string of the molecule is CCOc1nc(CCS(C)(=O)=O)ccc1OC. The summed E-state index contributed by atoms with van der Waals surface area (Å²) in [5.74, 6) is 1.04. The number of hydrogen-bond donors (Lipinski definition) is 0. The first kappa shape index (κ1) is 13.8. The third-order valence-corrected chi connectivity index (χ3v) is 3.06. The molecule has 0 saturated heterocycles. The van der Waals surface area contributed by atoms with Crippen molar-refractivity contribution in [2.45, 2.75) is 13.3 Å². The van der Waals surface area contributed by atoms with Crippen LogP contribution in [-0.2, 0) is 16.3 Å². The maximum atomic E-state index is 11.1. The lowest BCUT2D eigenvalue weighted by Gasteiger charge is -2.09. The lowest BCUT2D eigenvalue weighted by atomic mass is 10.3. The van der Waals surface area contributed by atoms with Gasteiger partial charge in [0.1, 0.15) is 9.84 Å². The molecule has 96 valence electrons. The Morgan fingerprint density at radius 3 is 2.59 bits per heavy atom. The van der Waals surface area contributed by atoms with Gasteiger partial charge in [0, 0.05) is 18.4 Å². The molecule has 6 heteroatoms. The van der Waals surface area contributed by atoms with Gasteiger partial charge in [0.15, 0.2) is 5.75 Å². The van der Waals surface area contributed by atoms with Crippen LogP contribution >= 0.6 is 0 Å². The zero-order chi connectivity index (χ0) is 12.9. The van der Waals surface area contributed by atoms with Crippen molar-refractivity contribution in [3.05, 3.63) is 17.8 Å². The van der Waals surface area contributed by atoms with E-state index in [1.807, 2.05) is 6.92 Å². The van der Waals surface area contributed by atoms with Gasteiger partial charge >= 0.3 is 0 Å². The van der Waals surface area contributed by atoms with Crippen LogP contribution in [0.3, 0.4) is 0 Å². The van der Waals surface area contributed by atoms with E-state index in [1.54, 1.807) is 12.1 Å². The number of sulfone groups is 1. The second-order valence-corrected chi connectivity index (χ2v) is 5.88. The molecule has 0 aliphatic heterocycles. The van der Waals surface area contributed by atoms with Crippen LogP contribution in [0.1, 0.15) is 12.6 Å². The van der Waals surface area contributed by atoms with Crippen molar-refractivity contribution in [2.24, 2.45) is 0 Å². The van der Waals surface area contributed by atoms with Crippen LogP contribution < -0.4 is 9.47 Å². The van der Waals surface area contributed by atoms with Crippen molar-refractivity contribution in [1.29, 1.82) is 0 Å². The van der Waals surface area contributed by atoms with Gasteiger partial charge in [-0.15, -0.1) is 0 Å². The molecule has 0 saturated carbocycles. The van der Waals surface area contributed by atoms with E-state index in [4.69, 9.17) is 9.47 Å². The first-order valence-electron chi connectivity index (χ1n) is 5.30. The monoisotopic (exact) mass is 259 g/mol. The van der Waals surface area contributed by atoms with Crippen LogP contribution in [0.2, 0.25) is 0 Å². The Morgan fingerprint density at radius 1 is 1.35 bits per heavy atom. The number of aryl methyl sites for hydroxylation is 1. The normalized spacial score (nSPS) is 11.2. The molecule has 0 aromatic carbocycles. The van der Waals surface area contributed by atoms with Crippen molar-refractivity contribution in [3.8, 4) is 11.6 Å². The van der Waals surface area contributed by atoms with E-state index in [1.165, 1.54) is 13.4 Å². The summed E-state index contributed by atoms with van der Waals surface area (Å²) >= 11 is 0. The number of pyridine rings is 1. The molecular weight excluding hydrogens is 242 g/mol. The fraction of sp³-hybridized carbons (Fsp3) is 0.545. The summed E-state index contributed by atoms with van der Waals surface area (Å²) in [5, 5.41) is 0. The molecular formula is C11H17NO4S. The maximum Gasteiger partial charge on any atom is 0.257 e. The molecule has 0 bridgehead atoms. The van der Waals surface area contributed by atoms with Crippen LogP contribution in [-0.4, -0.2) is 39.1 Å². The maximum absolute atomic E-state index is 11.1. The largest absolute Gasteiger partial charge is 0.491 e. The highest BCUT2D eigenvalue weighted by Gasteiger charge is 2.09. The first-order chi connectivity index (χ1) is 7.96. The Hall–Kier alpha value is -1.30. The summed E-state index contributed by atoms with van der Waals surface area (Å²) in [4.78, 5) is 4.22. The van der Waals surface area contributed by atoms with Gasteiger partial charge in [-0.3, -0.25) is 0 Å². The molecule has 0 amide bonds. The predicted molar refractivity (Wildman–Crippen MR) is 65.4 cm³/mol. The van der Waals surface area contributed by atoms with Gasteiger partial charge in [0.25, 0.3) is 5.88 Å². The fourth-order valence-electron chi connectivity index (χ4n) is 1.29. The molecule has 17 heavy (non-hydrogen) atoms. The molecule has 1 aromatic heterocycles. The highest BCUT2D eigenvalue weighted by molar-refractivity contribution is 7.90. The molecule has 1 aromatic rings. The van der Waals surface area contributed by atoms with Crippen LogP contribution in [0.15, 0.2) is 12.1 Å². The Kier molecular flexibility index (Phi) is 4.74. The standard InChI is InChI=1S/C11H17NO4S/c1-4-16-11-10(15-2)6-5-9(12-11)7-8-17(3,13)14/h5-6H,4,7-8H2,1-3H3. The molecule has 0 N–H and O–H groups in total. The van der Waals surface area contributed by atoms with Crippen LogP contribution in [0, 0.1) is 0 Å². The van der Waals surface area contributed by atoms with E-state index >= 15 is 0 Å². The zero-order valence-corrected chi connectivity index (χ0v) is 11.1. The summed E-state index contributed by atoms with van der Waals surface area (Å²) < 4.78 is 32.5. The highest BCUT2D eigenvalue weighted by atomic mass is 32.2. The van der Waals surface area contributed by atoms with Gasteiger partial charge in [-0.25, -0.2) is 13.4 Å². The van der Waals surface area contributed by atoms with Crippen LogP contribution in [0.4, 0.5) is 0 Å². The Morgan fingerprint density at radius 2 is 2.06 bits per heavy atom. The predicted octanol–water partition coefficient (Wildman–Crippen LogP) is 1.08. The summed E-state index contributed by atoms with van der Waals surface area (Å²) in [6.45, 7) is 2.34. The number of aromatic nitrogens is 1. The zero-order valence-electron chi connectivity index (χ0n) is 10.3. The molecule has 0 aliphatic rings. The number of ether oxygens (including phenoxy) is 2. The van der Waals surface area contributed by atoms with Gasteiger partial charge in [0.05, 0.1) is 19.5 Å². The lowest BCUT2D eigenvalue weighted by Crippen LogP contribution is -2.08. The van der Waals surface area contributed by atoms with E-state index in [0.717, 1.165) is 0 Å². The quantitative estimate of drug-likeness (QED) is 0.764. The molecule has 0 radical (unpaired) electrons. The van der Waals surface area contributed by atoms with Gasteiger partial charge in [-0.05, 0) is 19.1 Å². The molecule has 0 unspecified atom stereocenters. The molecule has 0 aliphatic carbocycles. The fourth-order valence-corrected chi connectivity index (χ4v) is 1.87. The van der Waals surface area contributed by atoms with Gasteiger partial charge in [-0.1, -0.05) is 0 Å². The van der Waals surface area contributed by atoms with Crippen molar-refractivity contribution in [3.63, 3.8) is 0 Å². The second-order valence-electron chi connectivity index (χ2n) is 3.62. The van der Waals surface area contributed by atoms with Gasteiger partial charge in [-0.2, -0.15) is 0 Å². The minimum Gasteiger partial charge on any atom is -0.491 e. The summed E-state index contributed by atoms with van der Waals surface area (Å²) in [7, 11) is -1.44. The van der Waals surface area contributed by atoms with E-state index in [9.17, 15) is 8.42 Å². The number of nitrogens with zero attached hydrogens (tertiary/aromatic N) is 1. The van der Waals surface area contributed by atoms with Crippen molar-refractivity contribution < 1.29 is 17.9 Å². The molecule has 0 atom stereocenters. The number of hydrogen-bond acceptors (Lipinski definition) is 5. The average molecular weight is 259 g/mol. The van der Waals surface area contributed by atoms with Crippen molar-refractivity contribution in [2.75, 3.05) is 25.7 Å². The van der Waals surface area contributed by atoms with Gasteiger partial charge < -0.3 is 9.47 Å².